The molecule has 0 amide bonds. The van der Waals surface area contributed by atoms with E-state index in [4.69, 9.17) is 4.98 Å². The zero-order valence-electron chi connectivity index (χ0n) is 12.4. The van der Waals surface area contributed by atoms with Crippen LogP contribution in [0.4, 0.5) is 0 Å². The number of amidine groups is 1. The van der Waals surface area contributed by atoms with E-state index in [1.807, 2.05) is 11.1 Å². The number of hydrogen-bond acceptors (Lipinski definition) is 5. The van der Waals surface area contributed by atoms with Crippen molar-refractivity contribution in [2.45, 2.75) is 38.0 Å². The van der Waals surface area contributed by atoms with E-state index in [9.17, 15) is 5.11 Å². The van der Waals surface area contributed by atoms with E-state index >= 15 is 0 Å². The molecule has 0 spiro atoms. The number of rotatable bonds is 4. The van der Waals surface area contributed by atoms with Crippen LogP contribution in [0.1, 0.15) is 42.3 Å². The molecule has 2 aliphatic heterocycles. The third kappa shape index (κ3) is 2.73. The van der Waals surface area contributed by atoms with Gasteiger partial charge in [0.05, 0.1) is 10.7 Å². The lowest BCUT2D eigenvalue weighted by molar-refractivity contribution is 0.391. The van der Waals surface area contributed by atoms with Crippen molar-refractivity contribution in [3.05, 3.63) is 52.0 Å². The second-order valence-corrected chi connectivity index (χ2v) is 6.96. The predicted molar refractivity (Wildman–Crippen MR) is 89.1 cm³/mol. The summed E-state index contributed by atoms with van der Waals surface area (Å²) in [6.07, 6.45) is 13.9. The van der Waals surface area contributed by atoms with Gasteiger partial charge in [0.1, 0.15) is 5.84 Å². The molecule has 0 saturated heterocycles. The fraction of sp³-hybridized carbons (Fsp3) is 0.412. The minimum absolute atomic E-state index is 0.113. The first-order valence-electron chi connectivity index (χ1n) is 7.85. The minimum Gasteiger partial charge on any atom is -0.493 e. The first-order valence-corrected chi connectivity index (χ1v) is 8.73. The highest BCUT2D eigenvalue weighted by Crippen LogP contribution is 2.36. The number of hydrogen-bond donors (Lipinski definition) is 1. The van der Waals surface area contributed by atoms with Gasteiger partial charge >= 0.3 is 0 Å². The van der Waals surface area contributed by atoms with E-state index in [0.29, 0.717) is 6.54 Å². The third-order valence-electron chi connectivity index (χ3n) is 4.50. The van der Waals surface area contributed by atoms with Gasteiger partial charge in [0.2, 0.25) is 5.88 Å². The molecule has 1 aliphatic carbocycles. The molecule has 3 heterocycles. The molecule has 0 aromatic carbocycles. The molecule has 114 valence electrons. The summed E-state index contributed by atoms with van der Waals surface area (Å²) in [5.74, 6) is 1.66. The summed E-state index contributed by atoms with van der Waals surface area (Å²) in [7, 11) is 0. The Hall–Kier alpha value is -1.88. The van der Waals surface area contributed by atoms with Gasteiger partial charge in [-0.2, -0.15) is 4.99 Å². The highest BCUT2D eigenvalue weighted by Gasteiger charge is 2.22. The Bertz CT molecular complexity index is 695. The summed E-state index contributed by atoms with van der Waals surface area (Å²) < 4.78 is 0. The largest absolute Gasteiger partial charge is 0.493 e. The maximum absolute atomic E-state index is 9.51. The minimum atomic E-state index is 0.113. The molecule has 22 heavy (non-hydrogen) atoms. The Balaban J connectivity index is 1.40. The van der Waals surface area contributed by atoms with Crippen LogP contribution in [0.3, 0.4) is 0 Å². The Morgan fingerprint density at radius 1 is 1.32 bits per heavy atom. The average molecular weight is 313 g/mol. The number of aliphatic hydroxyl groups excluding tert-OH is 1. The molecule has 1 aromatic rings. The van der Waals surface area contributed by atoms with E-state index in [-0.39, 0.29) is 5.88 Å². The van der Waals surface area contributed by atoms with E-state index in [1.54, 1.807) is 17.4 Å². The number of aliphatic imine (C=N–C) groups is 1. The molecule has 5 heteroatoms. The summed E-state index contributed by atoms with van der Waals surface area (Å²) in [4.78, 5) is 11.0. The van der Waals surface area contributed by atoms with Crippen LogP contribution >= 0.6 is 11.3 Å². The van der Waals surface area contributed by atoms with Gasteiger partial charge in [0, 0.05) is 30.5 Å². The second-order valence-electron chi connectivity index (χ2n) is 6.01. The van der Waals surface area contributed by atoms with E-state index in [2.05, 4.69) is 22.5 Å². The monoisotopic (exact) mass is 313 g/mol. The van der Waals surface area contributed by atoms with Crippen molar-refractivity contribution < 1.29 is 5.11 Å². The van der Waals surface area contributed by atoms with Crippen molar-refractivity contribution in [3.63, 3.8) is 0 Å². The van der Waals surface area contributed by atoms with Gasteiger partial charge in [0.25, 0.3) is 0 Å². The lowest BCUT2D eigenvalue weighted by Gasteiger charge is -2.25. The molecule has 0 atom stereocenters. The Kier molecular flexibility index (Phi) is 3.58. The maximum atomic E-state index is 9.51. The Labute approximate surface area is 134 Å². The van der Waals surface area contributed by atoms with Gasteiger partial charge in [-0.3, -0.25) is 0 Å². The van der Waals surface area contributed by atoms with Crippen molar-refractivity contribution in [2.24, 2.45) is 4.99 Å². The van der Waals surface area contributed by atoms with Crippen molar-refractivity contribution in [3.8, 4) is 0 Å². The van der Waals surface area contributed by atoms with Gasteiger partial charge in [-0.05, 0) is 43.1 Å². The molecular formula is C17H19N3OS. The lowest BCUT2D eigenvalue weighted by atomic mass is 9.83. The molecule has 0 bridgehead atoms. The number of fused-ring (bicyclic) bond motifs is 1. The molecule has 3 aliphatic rings. The number of aryl methyl sites for hydroxylation is 1. The van der Waals surface area contributed by atoms with Gasteiger partial charge in [0.15, 0.2) is 0 Å². The molecule has 1 saturated carbocycles. The molecule has 4 nitrogen and oxygen atoms in total. The number of aliphatic hydroxyl groups is 1. The predicted octanol–water partition coefficient (Wildman–Crippen LogP) is 3.91. The summed E-state index contributed by atoms with van der Waals surface area (Å²) in [5, 5.41) is 13.0. The van der Waals surface area contributed by atoms with Crippen LogP contribution in [-0.2, 0) is 6.42 Å². The topological polar surface area (TPSA) is 48.7 Å². The van der Waals surface area contributed by atoms with Crippen LogP contribution in [0.25, 0.3) is 0 Å². The van der Waals surface area contributed by atoms with Crippen LogP contribution in [0.5, 0.6) is 0 Å². The third-order valence-corrected chi connectivity index (χ3v) is 5.42. The van der Waals surface area contributed by atoms with Gasteiger partial charge in [-0.25, -0.2) is 4.98 Å². The number of thiazole rings is 1. The van der Waals surface area contributed by atoms with Crippen molar-refractivity contribution >= 4 is 17.2 Å². The van der Waals surface area contributed by atoms with Gasteiger partial charge in [-0.1, -0.05) is 6.42 Å². The zero-order chi connectivity index (χ0) is 14.9. The van der Waals surface area contributed by atoms with Crippen LogP contribution in [0, 0.1) is 0 Å². The van der Waals surface area contributed by atoms with Crippen LogP contribution in [0.15, 0.2) is 46.3 Å². The Morgan fingerprint density at radius 2 is 2.23 bits per heavy atom. The average Bonchev–Trinajstić information content (AvgIpc) is 2.91. The maximum Gasteiger partial charge on any atom is 0.210 e. The van der Waals surface area contributed by atoms with E-state index < -0.39 is 0 Å². The zero-order valence-corrected chi connectivity index (χ0v) is 13.2. The normalized spacial score (nSPS) is 20.9. The number of aromatic nitrogens is 1. The molecule has 1 fully saturated rings. The summed E-state index contributed by atoms with van der Waals surface area (Å²) >= 11 is 1.79. The summed E-state index contributed by atoms with van der Waals surface area (Å²) in [6, 6.07) is 0. The van der Waals surface area contributed by atoms with Gasteiger partial charge < -0.3 is 10.0 Å². The molecule has 4 rings (SSSR count). The van der Waals surface area contributed by atoms with E-state index in [0.717, 1.165) is 24.6 Å². The molecular weight excluding hydrogens is 294 g/mol. The number of allylic oxidation sites excluding steroid dienone is 2. The van der Waals surface area contributed by atoms with Crippen LogP contribution in [0.2, 0.25) is 0 Å². The molecule has 1 aromatic heterocycles. The standard InChI is InChI=1S/C17H19N3OS/c21-16-7-9-20-8-6-12(10-15(20)19-16)4-5-17-18-14(11-22-17)13-2-1-3-13/h6-8,10-11,13,21H,1-5,9H2. The fourth-order valence-electron chi connectivity index (χ4n) is 2.89. The first-order chi connectivity index (χ1) is 10.8. The summed E-state index contributed by atoms with van der Waals surface area (Å²) in [5.41, 5.74) is 2.54. The lowest BCUT2D eigenvalue weighted by Crippen LogP contribution is -2.29. The molecule has 1 N–H and O–H groups in total. The van der Waals surface area contributed by atoms with Crippen molar-refractivity contribution in [1.82, 2.24) is 9.88 Å². The van der Waals surface area contributed by atoms with Crippen LogP contribution in [-0.4, -0.2) is 27.4 Å². The van der Waals surface area contributed by atoms with Crippen molar-refractivity contribution in [2.75, 3.05) is 6.54 Å². The molecule has 0 radical (unpaired) electrons. The summed E-state index contributed by atoms with van der Waals surface area (Å²) in [6.45, 7) is 0.683. The van der Waals surface area contributed by atoms with Crippen LogP contribution < -0.4 is 0 Å². The van der Waals surface area contributed by atoms with Gasteiger partial charge in [-0.15, -0.1) is 11.3 Å². The highest BCUT2D eigenvalue weighted by molar-refractivity contribution is 7.09. The fourth-order valence-corrected chi connectivity index (χ4v) is 3.77. The second kappa shape index (κ2) is 5.72. The quantitative estimate of drug-likeness (QED) is 0.917. The molecule has 0 unspecified atom stereocenters. The Morgan fingerprint density at radius 3 is 3.05 bits per heavy atom. The highest BCUT2D eigenvalue weighted by atomic mass is 32.1. The smallest absolute Gasteiger partial charge is 0.210 e. The van der Waals surface area contributed by atoms with Crippen molar-refractivity contribution in [1.29, 1.82) is 0 Å². The first kappa shape index (κ1) is 13.8. The number of nitrogens with zero attached hydrogens (tertiary/aromatic N) is 3. The van der Waals surface area contributed by atoms with E-state index in [1.165, 1.54) is 35.5 Å². The SMILES string of the molecule is OC1=CCN2C=CC(CCc3nc(C4CCC4)cs3)=CC2=N1.